The zero-order valence-corrected chi connectivity index (χ0v) is 18.6. The van der Waals surface area contributed by atoms with Gasteiger partial charge in [0.25, 0.3) is 5.91 Å². The quantitative estimate of drug-likeness (QED) is 0.423. The molecule has 8 heteroatoms. The molecule has 4 rings (SSSR count). The zero-order chi connectivity index (χ0) is 23.4. The topological polar surface area (TPSA) is 106 Å². The number of benzene rings is 3. The van der Waals surface area contributed by atoms with Crippen LogP contribution in [0.15, 0.2) is 54.6 Å². The lowest BCUT2D eigenvalue weighted by atomic mass is 9.98. The largest absolute Gasteiger partial charge is 0.506 e. The second kappa shape index (κ2) is 9.52. The molecule has 0 atom stereocenters. The second-order valence-electron chi connectivity index (χ2n) is 7.23. The van der Waals surface area contributed by atoms with E-state index < -0.39 is 5.91 Å². The number of aromatic hydroxyl groups is 1. The number of hydrogen-bond donors (Lipinski definition) is 2. The van der Waals surface area contributed by atoms with Gasteiger partial charge in [-0.3, -0.25) is 4.79 Å². The van der Waals surface area contributed by atoms with Gasteiger partial charge in [-0.05, 0) is 49.2 Å². The summed E-state index contributed by atoms with van der Waals surface area (Å²) in [7, 11) is 0. The van der Waals surface area contributed by atoms with E-state index >= 15 is 0 Å². The summed E-state index contributed by atoms with van der Waals surface area (Å²) in [5, 5.41) is 15.6. The number of nitrogens with zero attached hydrogens (tertiary/aromatic N) is 3. The maximum Gasteiger partial charge on any atom is 0.323 e. The van der Waals surface area contributed by atoms with Crippen molar-refractivity contribution in [2.75, 3.05) is 18.5 Å². The standard InChI is InChI=1S/C25H24N4O4/c1-4-32-24-27-22(28-25(29-24)33-5-2)20-17-12-8-7-11-16(17)14-18(21(20)30)23(31)26-19-13-9-6-10-15(19)3/h6-14,30H,4-5H2,1-3H3,(H,26,31). The lowest BCUT2D eigenvalue weighted by molar-refractivity contribution is 0.102. The van der Waals surface area contributed by atoms with Crippen molar-refractivity contribution in [3.05, 3.63) is 65.7 Å². The molecule has 0 spiro atoms. The van der Waals surface area contributed by atoms with E-state index in [1.54, 1.807) is 12.1 Å². The van der Waals surface area contributed by atoms with E-state index in [2.05, 4.69) is 20.3 Å². The lowest BCUT2D eigenvalue weighted by Crippen LogP contribution is -2.13. The molecule has 0 radical (unpaired) electrons. The summed E-state index contributed by atoms with van der Waals surface area (Å²) in [6, 6.07) is 16.6. The van der Waals surface area contributed by atoms with Gasteiger partial charge in [-0.25, -0.2) is 0 Å². The molecular formula is C25H24N4O4. The Balaban J connectivity index is 1.89. The number of carbonyl (C=O) groups is 1. The fraction of sp³-hybridized carbons (Fsp3) is 0.200. The van der Waals surface area contributed by atoms with E-state index in [0.29, 0.717) is 29.9 Å². The molecule has 0 unspecified atom stereocenters. The van der Waals surface area contributed by atoms with Gasteiger partial charge in [0.1, 0.15) is 5.75 Å². The Morgan fingerprint density at radius 1 is 0.939 bits per heavy atom. The first kappa shape index (κ1) is 22.0. The summed E-state index contributed by atoms with van der Waals surface area (Å²) in [6.07, 6.45) is 0. The average molecular weight is 444 g/mol. The number of amides is 1. The Hall–Kier alpha value is -4.20. The summed E-state index contributed by atoms with van der Waals surface area (Å²) < 4.78 is 10.9. The summed E-state index contributed by atoms with van der Waals surface area (Å²) in [4.78, 5) is 26.1. The Labute approximate surface area is 191 Å². The van der Waals surface area contributed by atoms with Gasteiger partial charge in [0.2, 0.25) is 0 Å². The number of carbonyl (C=O) groups excluding carboxylic acids is 1. The van der Waals surface area contributed by atoms with Crippen molar-refractivity contribution in [1.82, 2.24) is 15.0 Å². The first-order valence-corrected chi connectivity index (χ1v) is 10.7. The fourth-order valence-corrected chi connectivity index (χ4v) is 3.48. The maximum atomic E-state index is 13.2. The van der Waals surface area contributed by atoms with Crippen molar-refractivity contribution in [3.63, 3.8) is 0 Å². The van der Waals surface area contributed by atoms with Gasteiger partial charge >= 0.3 is 12.0 Å². The summed E-state index contributed by atoms with van der Waals surface area (Å²) in [6.45, 7) is 6.22. The number of ether oxygens (including phenoxy) is 2. The van der Waals surface area contributed by atoms with Gasteiger partial charge in [-0.1, -0.05) is 42.5 Å². The van der Waals surface area contributed by atoms with E-state index in [-0.39, 0.29) is 29.2 Å². The smallest absolute Gasteiger partial charge is 0.323 e. The molecule has 0 saturated heterocycles. The van der Waals surface area contributed by atoms with Crippen molar-refractivity contribution in [2.45, 2.75) is 20.8 Å². The Morgan fingerprint density at radius 2 is 1.58 bits per heavy atom. The zero-order valence-electron chi connectivity index (χ0n) is 18.6. The minimum absolute atomic E-state index is 0.0733. The number of anilines is 1. The number of aromatic nitrogens is 3. The molecule has 168 valence electrons. The number of para-hydroxylation sites is 1. The highest BCUT2D eigenvalue weighted by atomic mass is 16.5. The summed E-state index contributed by atoms with van der Waals surface area (Å²) in [5.41, 5.74) is 1.97. The molecule has 4 aromatic rings. The number of nitrogens with one attached hydrogen (secondary N) is 1. The third kappa shape index (κ3) is 4.55. The van der Waals surface area contributed by atoms with Gasteiger partial charge < -0.3 is 19.9 Å². The van der Waals surface area contributed by atoms with E-state index in [9.17, 15) is 9.90 Å². The average Bonchev–Trinajstić information content (AvgIpc) is 2.80. The van der Waals surface area contributed by atoms with Crippen molar-refractivity contribution in [1.29, 1.82) is 0 Å². The monoisotopic (exact) mass is 444 g/mol. The molecule has 0 aliphatic heterocycles. The lowest BCUT2D eigenvalue weighted by Gasteiger charge is -2.15. The Morgan fingerprint density at radius 3 is 2.24 bits per heavy atom. The van der Waals surface area contributed by atoms with Crippen molar-refractivity contribution in [2.24, 2.45) is 0 Å². The number of rotatable bonds is 7. The minimum Gasteiger partial charge on any atom is -0.506 e. The van der Waals surface area contributed by atoms with Crippen LogP contribution in [0.1, 0.15) is 29.8 Å². The Kier molecular flexibility index (Phi) is 6.35. The summed E-state index contributed by atoms with van der Waals surface area (Å²) in [5.74, 6) is -0.537. The van der Waals surface area contributed by atoms with Gasteiger partial charge in [0.05, 0.1) is 24.3 Å². The molecule has 1 amide bonds. The van der Waals surface area contributed by atoms with Crippen LogP contribution in [0.5, 0.6) is 17.8 Å². The molecule has 33 heavy (non-hydrogen) atoms. The number of aryl methyl sites for hydroxylation is 1. The van der Waals surface area contributed by atoms with Crippen molar-refractivity contribution in [3.8, 4) is 29.2 Å². The second-order valence-corrected chi connectivity index (χ2v) is 7.23. The molecule has 0 bridgehead atoms. The first-order valence-electron chi connectivity index (χ1n) is 10.7. The maximum absolute atomic E-state index is 13.2. The van der Waals surface area contributed by atoms with Crippen LogP contribution in [-0.4, -0.2) is 39.2 Å². The van der Waals surface area contributed by atoms with Gasteiger partial charge in [0.15, 0.2) is 5.82 Å². The predicted molar refractivity (Wildman–Crippen MR) is 126 cm³/mol. The van der Waals surface area contributed by atoms with Crippen LogP contribution in [0.4, 0.5) is 5.69 Å². The molecule has 3 aromatic carbocycles. The van der Waals surface area contributed by atoms with Crippen LogP contribution in [-0.2, 0) is 0 Å². The molecule has 1 heterocycles. The minimum atomic E-state index is -0.446. The number of phenolic OH excluding ortho intramolecular Hbond substituents is 1. The van der Waals surface area contributed by atoms with E-state index in [1.807, 2.05) is 63.2 Å². The fourth-order valence-electron chi connectivity index (χ4n) is 3.48. The van der Waals surface area contributed by atoms with E-state index in [4.69, 9.17) is 9.47 Å². The van der Waals surface area contributed by atoms with Crippen molar-refractivity contribution >= 4 is 22.4 Å². The van der Waals surface area contributed by atoms with Crippen molar-refractivity contribution < 1.29 is 19.4 Å². The molecular weight excluding hydrogens is 420 g/mol. The van der Waals surface area contributed by atoms with Crippen LogP contribution in [0.2, 0.25) is 0 Å². The molecule has 0 saturated carbocycles. The molecule has 0 fully saturated rings. The normalized spacial score (nSPS) is 10.8. The molecule has 0 aliphatic carbocycles. The van der Waals surface area contributed by atoms with Crippen LogP contribution < -0.4 is 14.8 Å². The number of phenols is 1. The third-order valence-electron chi connectivity index (χ3n) is 5.02. The van der Waals surface area contributed by atoms with E-state index in [1.165, 1.54) is 0 Å². The third-order valence-corrected chi connectivity index (χ3v) is 5.02. The number of fused-ring (bicyclic) bond motifs is 1. The predicted octanol–water partition coefficient (Wildman–Crippen LogP) is 4.76. The molecule has 2 N–H and O–H groups in total. The highest BCUT2D eigenvalue weighted by Gasteiger charge is 2.23. The van der Waals surface area contributed by atoms with Crippen LogP contribution in [0.25, 0.3) is 22.2 Å². The SMILES string of the molecule is CCOc1nc(OCC)nc(-c2c(O)c(C(=O)Nc3ccccc3C)cc3ccccc23)n1. The van der Waals surface area contributed by atoms with Crippen LogP contribution in [0.3, 0.4) is 0 Å². The first-order chi connectivity index (χ1) is 16.0. The molecule has 8 nitrogen and oxygen atoms in total. The van der Waals surface area contributed by atoms with Crippen LogP contribution >= 0.6 is 0 Å². The van der Waals surface area contributed by atoms with E-state index in [0.717, 1.165) is 10.9 Å². The van der Waals surface area contributed by atoms with Crippen LogP contribution in [0, 0.1) is 6.92 Å². The Bertz CT molecular complexity index is 1300. The molecule has 0 aliphatic rings. The van der Waals surface area contributed by atoms with Gasteiger partial charge in [-0.2, -0.15) is 9.97 Å². The van der Waals surface area contributed by atoms with Gasteiger partial charge in [-0.15, -0.1) is 4.98 Å². The van der Waals surface area contributed by atoms with Gasteiger partial charge in [0, 0.05) is 5.69 Å². The number of hydrogen-bond acceptors (Lipinski definition) is 7. The highest BCUT2D eigenvalue weighted by molar-refractivity contribution is 6.12. The highest BCUT2D eigenvalue weighted by Crippen LogP contribution is 2.39. The molecule has 1 aromatic heterocycles. The summed E-state index contributed by atoms with van der Waals surface area (Å²) >= 11 is 0.